The second-order valence-electron chi connectivity index (χ2n) is 9.06. The number of nitrogens with zero attached hydrogens (tertiary/aromatic N) is 2. The predicted molar refractivity (Wildman–Crippen MR) is 112 cm³/mol. The lowest BCUT2D eigenvalue weighted by molar-refractivity contribution is 0.0174. The number of rotatable bonds is 6. The maximum atomic E-state index is 12.2. The number of methoxy groups -OCH3 is 1. The summed E-state index contributed by atoms with van der Waals surface area (Å²) in [7, 11) is 1.68. The zero-order chi connectivity index (χ0) is 20.1. The SMILES string of the molecule is COc1ccc(/C=N\CCC2CC2C2CCN(C(=O)OC(C)(C)C)CC2)cc1. The number of likely N-dealkylation sites (tertiary alicyclic amines) is 1. The lowest BCUT2D eigenvalue weighted by atomic mass is 9.90. The maximum Gasteiger partial charge on any atom is 0.410 e. The Labute approximate surface area is 169 Å². The van der Waals surface area contributed by atoms with Crippen LogP contribution >= 0.6 is 0 Å². The maximum absolute atomic E-state index is 12.2. The first-order valence-electron chi connectivity index (χ1n) is 10.5. The van der Waals surface area contributed by atoms with E-state index in [1.807, 2.05) is 56.2 Å². The van der Waals surface area contributed by atoms with Crippen molar-refractivity contribution < 1.29 is 14.3 Å². The van der Waals surface area contributed by atoms with E-state index in [0.717, 1.165) is 61.5 Å². The molecule has 1 aromatic rings. The first-order chi connectivity index (χ1) is 13.4. The molecule has 2 fully saturated rings. The molecule has 3 rings (SSSR count). The number of carbonyl (C=O) groups is 1. The largest absolute Gasteiger partial charge is 0.497 e. The van der Waals surface area contributed by atoms with Crippen LogP contribution in [0.5, 0.6) is 5.75 Å². The molecule has 2 unspecified atom stereocenters. The third-order valence-corrected chi connectivity index (χ3v) is 5.76. The summed E-state index contributed by atoms with van der Waals surface area (Å²) < 4.78 is 10.7. The quantitative estimate of drug-likeness (QED) is 0.661. The van der Waals surface area contributed by atoms with Crippen molar-refractivity contribution in [1.82, 2.24) is 4.90 Å². The van der Waals surface area contributed by atoms with Gasteiger partial charge in [-0.2, -0.15) is 0 Å². The molecule has 0 spiro atoms. The second-order valence-corrected chi connectivity index (χ2v) is 9.06. The van der Waals surface area contributed by atoms with Gasteiger partial charge >= 0.3 is 6.09 Å². The van der Waals surface area contributed by atoms with Crippen molar-refractivity contribution in [2.45, 2.75) is 52.1 Å². The number of benzene rings is 1. The van der Waals surface area contributed by atoms with Crippen molar-refractivity contribution in [2.24, 2.45) is 22.7 Å². The zero-order valence-electron chi connectivity index (χ0n) is 17.7. The third-order valence-electron chi connectivity index (χ3n) is 5.76. The minimum absolute atomic E-state index is 0.161. The standard InChI is InChI=1S/C23H34N2O3/c1-23(2,3)28-22(26)25-13-10-18(11-14-25)21-15-19(21)9-12-24-16-17-5-7-20(27-4)8-6-17/h5-8,16,18-19,21H,9-15H2,1-4H3/b24-16-. The molecule has 0 aromatic heterocycles. The minimum atomic E-state index is -0.415. The highest BCUT2D eigenvalue weighted by atomic mass is 16.6. The smallest absolute Gasteiger partial charge is 0.410 e. The van der Waals surface area contributed by atoms with Crippen LogP contribution in [-0.4, -0.2) is 49.6 Å². The summed E-state index contributed by atoms with van der Waals surface area (Å²) in [5.41, 5.74) is 0.699. The fourth-order valence-corrected chi connectivity index (χ4v) is 4.12. The molecule has 0 radical (unpaired) electrons. The van der Waals surface area contributed by atoms with E-state index in [4.69, 9.17) is 9.47 Å². The van der Waals surface area contributed by atoms with Gasteiger partial charge < -0.3 is 14.4 Å². The molecule has 1 aliphatic heterocycles. The fraction of sp³-hybridized carbons (Fsp3) is 0.652. The number of amides is 1. The van der Waals surface area contributed by atoms with Gasteiger partial charge in [-0.25, -0.2) is 4.79 Å². The van der Waals surface area contributed by atoms with Gasteiger partial charge in [0.05, 0.1) is 7.11 Å². The summed E-state index contributed by atoms with van der Waals surface area (Å²) in [6, 6.07) is 7.98. The van der Waals surface area contributed by atoms with Crippen molar-refractivity contribution in [1.29, 1.82) is 0 Å². The third kappa shape index (κ3) is 5.98. The molecule has 1 aliphatic carbocycles. The number of ether oxygens (including phenoxy) is 2. The Kier molecular flexibility index (Phi) is 6.63. The molecule has 5 heteroatoms. The Hall–Kier alpha value is -2.04. The molecule has 1 saturated carbocycles. The summed E-state index contributed by atoms with van der Waals surface area (Å²) in [6.45, 7) is 8.32. The summed E-state index contributed by atoms with van der Waals surface area (Å²) in [4.78, 5) is 18.6. The molecular formula is C23H34N2O3. The lowest BCUT2D eigenvalue weighted by Crippen LogP contribution is -2.42. The van der Waals surface area contributed by atoms with E-state index in [1.54, 1.807) is 7.11 Å². The van der Waals surface area contributed by atoms with Gasteiger partial charge in [0.2, 0.25) is 0 Å². The Bertz CT molecular complexity index is 670. The van der Waals surface area contributed by atoms with E-state index >= 15 is 0 Å². The summed E-state index contributed by atoms with van der Waals surface area (Å²) in [5.74, 6) is 3.27. The van der Waals surface area contributed by atoms with Crippen molar-refractivity contribution in [3.63, 3.8) is 0 Å². The number of aliphatic imine (C=N–C) groups is 1. The van der Waals surface area contributed by atoms with Crippen LogP contribution < -0.4 is 4.74 Å². The van der Waals surface area contributed by atoms with E-state index in [2.05, 4.69) is 4.99 Å². The van der Waals surface area contributed by atoms with E-state index in [-0.39, 0.29) is 6.09 Å². The highest BCUT2D eigenvalue weighted by Gasteiger charge is 2.43. The Morgan fingerprint density at radius 1 is 1.21 bits per heavy atom. The second kappa shape index (κ2) is 8.97. The molecule has 1 aromatic carbocycles. The van der Waals surface area contributed by atoms with E-state index in [0.29, 0.717) is 0 Å². The molecule has 1 saturated heterocycles. The van der Waals surface area contributed by atoms with E-state index < -0.39 is 5.60 Å². The topological polar surface area (TPSA) is 51.1 Å². The monoisotopic (exact) mass is 386 g/mol. The van der Waals surface area contributed by atoms with Crippen LogP contribution in [0.25, 0.3) is 0 Å². The molecule has 28 heavy (non-hydrogen) atoms. The Balaban J connectivity index is 1.34. The number of hydrogen-bond acceptors (Lipinski definition) is 4. The minimum Gasteiger partial charge on any atom is -0.497 e. The van der Waals surface area contributed by atoms with Crippen LogP contribution in [0, 0.1) is 17.8 Å². The highest BCUT2D eigenvalue weighted by Crippen LogP contribution is 2.49. The van der Waals surface area contributed by atoms with Gasteiger partial charge in [-0.3, -0.25) is 4.99 Å². The van der Waals surface area contributed by atoms with Crippen LogP contribution in [0.2, 0.25) is 0 Å². The predicted octanol–water partition coefficient (Wildman–Crippen LogP) is 4.79. The Morgan fingerprint density at radius 2 is 1.89 bits per heavy atom. The van der Waals surface area contributed by atoms with Crippen LogP contribution in [0.3, 0.4) is 0 Å². The highest BCUT2D eigenvalue weighted by molar-refractivity contribution is 5.79. The normalized spacial score (nSPS) is 23.1. The van der Waals surface area contributed by atoms with Gasteiger partial charge in [0, 0.05) is 25.8 Å². The summed E-state index contributed by atoms with van der Waals surface area (Å²) in [5, 5.41) is 0. The van der Waals surface area contributed by atoms with Crippen molar-refractivity contribution in [3.05, 3.63) is 29.8 Å². The molecule has 1 heterocycles. The number of hydrogen-bond donors (Lipinski definition) is 0. The average molecular weight is 387 g/mol. The average Bonchev–Trinajstić information content (AvgIpc) is 3.44. The molecule has 1 amide bonds. The van der Waals surface area contributed by atoms with Gasteiger partial charge in [-0.1, -0.05) is 0 Å². The van der Waals surface area contributed by atoms with Crippen LogP contribution in [0.15, 0.2) is 29.3 Å². The van der Waals surface area contributed by atoms with Gasteiger partial charge in [0.1, 0.15) is 11.4 Å². The van der Waals surface area contributed by atoms with Gasteiger partial charge in [0.25, 0.3) is 0 Å². The van der Waals surface area contributed by atoms with Crippen LogP contribution in [-0.2, 0) is 4.74 Å². The van der Waals surface area contributed by atoms with Crippen molar-refractivity contribution in [3.8, 4) is 5.75 Å². The van der Waals surface area contributed by atoms with Crippen molar-refractivity contribution >= 4 is 12.3 Å². The van der Waals surface area contributed by atoms with E-state index in [9.17, 15) is 4.79 Å². The van der Waals surface area contributed by atoms with Crippen LogP contribution in [0.4, 0.5) is 4.79 Å². The van der Waals surface area contributed by atoms with Gasteiger partial charge in [-0.05, 0) is 94.0 Å². The number of carbonyl (C=O) groups excluding carboxylic acids is 1. The molecule has 0 bridgehead atoms. The van der Waals surface area contributed by atoms with Gasteiger partial charge in [-0.15, -0.1) is 0 Å². The van der Waals surface area contributed by atoms with E-state index in [1.165, 1.54) is 12.8 Å². The first kappa shape index (κ1) is 20.7. The Morgan fingerprint density at radius 3 is 2.50 bits per heavy atom. The van der Waals surface area contributed by atoms with Crippen LogP contribution in [0.1, 0.15) is 52.0 Å². The van der Waals surface area contributed by atoms with Gasteiger partial charge in [0.15, 0.2) is 0 Å². The summed E-state index contributed by atoms with van der Waals surface area (Å²) in [6.07, 6.45) is 6.51. The lowest BCUT2D eigenvalue weighted by Gasteiger charge is -2.33. The molecule has 2 aliphatic rings. The zero-order valence-corrected chi connectivity index (χ0v) is 17.7. The molecular weight excluding hydrogens is 352 g/mol. The molecule has 0 N–H and O–H groups in total. The molecule has 154 valence electrons. The molecule has 2 atom stereocenters. The first-order valence-corrected chi connectivity index (χ1v) is 10.5. The summed E-state index contributed by atoms with van der Waals surface area (Å²) >= 11 is 0. The van der Waals surface area contributed by atoms with Crippen molar-refractivity contribution in [2.75, 3.05) is 26.7 Å². The number of piperidine rings is 1. The fourth-order valence-electron chi connectivity index (χ4n) is 4.12. The molecule has 5 nitrogen and oxygen atoms in total.